The van der Waals surface area contributed by atoms with Gasteiger partial charge in [-0.25, -0.2) is 18.7 Å². The summed E-state index contributed by atoms with van der Waals surface area (Å²) < 4.78 is 51.0. The van der Waals surface area contributed by atoms with Gasteiger partial charge in [0.2, 0.25) is 0 Å². The predicted octanol–water partition coefficient (Wildman–Crippen LogP) is 4.53. The van der Waals surface area contributed by atoms with Crippen molar-refractivity contribution in [3.05, 3.63) is 66.1 Å². The average molecular weight is 540 g/mol. The number of ether oxygens (including phenoxy) is 1. The summed E-state index contributed by atoms with van der Waals surface area (Å²) in [6, 6.07) is 13.3. The highest BCUT2D eigenvalue weighted by molar-refractivity contribution is 7.85. The number of nitrogens with one attached hydrogen (secondary N) is 1. The van der Waals surface area contributed by atoms with Crippen LogP contribution in [0.3, 0.4) is 0 Å². The number of nitrogens with zero attached hydrogens (tertiary/aromatic N) is 3. The van der Waals surface area contributed by atoms with Crippen molar-refractivity contribution in [2.75, 3.05) is 25.6 Å². The third-order valence-corrected chi connectivity index (χ3v) is 8.03. The topological polar surface area (TPSA) is 116 Å². The molecule has 3 N–H and O–H groups in total. The van der Waals surface area contributed by atoms with Crippen LogP contribution in [-0.4, -0.2) is 50.5 Å². The summed E-state index contributed by atoms with van der Waals surface area (Å²) in [6.45, 7) is 2.70. The summed E-state index contributed by atoms with van der Waals surface area (Å²) >= 11 is 0. The molecule has 2 aromatic heterocycles. The normalized spacial score (nSPS) is 17.0. The Morgan fingerprint density at radius 1 is 1.18 bits per heavy atom. The molecule has 5 rings (SSSR count). The summed E-state index contributed by atoms with van der Waals surface area (Å²) in [5.74, 6) is -0.0986. The standard InChI is InChI=1S/C27H27F2N5O3S/c1-16(12-28)31-13-17-2-7-21(22(29)10-17)23-11-25(37-34-23)26-27(30)32-14-24(33-26)18-3-5-19(6-4-18)38(35)20-8-9-36-15-20/h2-7,10-11,14,16,20,31H,8-9,12-13,15H2,1H3,(H2,30,32). The molecule has 1 saturated heterocycles. The molecule has 3 unspecified atom stereocenters. The molecule has 38 heavy (non-hydrogen) atoms. The van der Waals surface area contributed by atoms with Crippen LogP contribution in [0, 0.1) is 5.82 Å². The van der Waals surface area contributed by atoms with E-state index in [2.05, 4.69) is 20.4 Å². The van der Waals surface area contributed by atoms with Crippen molar-refractivity contribution in [3.8, 4) is 34.0 Å². The van der Waals surface area contributed by atoms with Gasteiger partial charge >= 0.3 is 0 Å². The molecule has 8 nitrogen and oxygen atoms in total. The number of hydrogen-bond acceptors (Lipinski definition) is 8. The zero-order valence-electron chi connectivity index (χ0n) is 20.7. The maximum Gasteiger partial charge on any atom is 0.189 e. The highest BCUT2D eigenvalue weighted by atomic mass is 32.2. The second-order valence-corrected chi connectivity index (χ2v) is 10.9. The Labute approximate surface area is 221 Å². The lowest BCUT2D eigenvalue weighted by atomic mass is 10.1. The van der Waals surface area contributed by atoms with Crippen LogP contribution in [0.5, 0.6) is 0 Å². The number of aromatic nitrogens is 3. The fraction of sp³-hybridized carbons (Fsp3) is 0.296. The van der Waals surface area contributed by atoms with E-state index in [-0.39, 0.29) is 39.8 Å². The van der Waals surface area contributed by atoms with Crippen molar-refractivity contribution in [1.29, 1.82) is 0 Å². The lowest BCUT2D eigenvalue weighted by Crippen LogP contribution is -2.27. The lowest BCUT2D eigenvalue weighted by molar-refractivity contribution is 0.199. The minimum absolute atomic E-state index is 0.00665. The van der Waals surface area contributed by atoms with Crippen LogP contribution in [0.25, 0.3) is 34.0 Å². The SMILES string of the molecule is CC(CF)NCc1ccc(-c2cc(-c3nc(-c4ccc(S(=O)C5CCOC5)cc4)cnc3N)on2)c(F)c1. The molecule has 3 atom stereocenters. The Hall–Kier alpha value is -3.54. The molecule has 0 amide bonds. The van der Waals surface area contributed by atoms with Crippen LogP contribution >= 0.6 is 0 Å². The Balaban J connectivity index is 1.35. The Morgan fingerprint density at radius 3 is 2.71 bits per heavy atom. The van der Waals surface area contributed by atoms with Gasteiger partial charge in [0.25, 0.3) is 0 Å². The fourth-order valence-electron chi connectivity index (χ4n) is 4.09. The van der Waals surface area contributed by atoms with Gasteiger partial charge < -0.3 is 20.3 Å². The molecular formula is C27H27F2N5O3S. The zero-order valence-corrected chi connectivity index (χ0v) is 21.5. The van der Waals surface area contributed by atoms with Crippen LogP contribution < -0.4 is 11.1 Å². The summed E-state index contributed by atoms with van der Waals surface area (Å²) in [5.41, 5.74) is 8.88. The fourth-order valence-corrected chi connectivity index (χ4v) is 5.41. The molecule has 2 aromatic carbocycles. The number of nitrogen functional groups attached to an aromatic ring is 1. The van der Waals surface area contributed by atoms with Crippen molar-refractivity contribution >= 4 is 16.6 Å². The quantitative estimate of drug-likeness (QED) is 0.319. The van der Waals surface area contributed by atoms with Crippen molar-refractivity contribution < 1.29 is 22.2 Å². The van der Waals surface area contributed by atoms with Gasteiger partial charge in [0, 0.05) is 41.3 Å². The van der Waals surface area contributed by atoms with Crippen molar-refractivity contribution in [3.63, 3.8) is 0 Å². The van der Waals surface area contributed by atoms with Gasteiger partial charge in [0.1, 0.15) is 18.2 Å². The molecule has 0 bridgehead atoms. The molecule has 1 aliphatic heterocycles. The number of benzene rings is 2. The van der Waals surface area contributed by atoms with E-state index < -0.39 is 23.3 Å². The van der Waals surface area contributed by atoms with E-state index in [1.807, 2.05) is 24.3 Å². The molecule has 3 heterocycles. The van der Waals surface area contributed by atoms with Crippen LogP contribution in [0.1, 0.15) is 18.9 Å². The van der Waals surface area contributed by atoms with Gasteiger partial charge in [-0.3, -0.25) is 4.21 Å². The van der Waals surface area contributed by atoms with E-state index in [1.54, 1.807) is 31.3 Å². The van der Waals surface area contributed by atoms with Crippen LogP contribution in [0.15, 0.2) is 64.1 Å². The third-order valence-electron chi connectivity index (χ3n) is 6.31. The first-order valence-electron chi connectivity index (χ1n) is 12.2. The van der Waals surface area contributed by atoms with Crippen molar-refractivity contribution in [2.24, 2.45) is 0 Å². The summed E-state index contributed by atoms with van der Waals surface area (Å²) in [4.78, 5) is 9.59. The van der Waals surface area contributed by atoms with Gasteiger partial charge in [-0.1, -0.05) is 23.4 Å². The number of alkyl halides is 1. The molecule has 0 radical (unpaired) electrons. The summed E-state index contributed by atoms with van der Waals surface area (Å²) in [5, 5.41) is 6.99. The molecule has 198 valence electrons. The van der Waals surface area contributed by atoms with Gasteiger partial charge in [0.15, 0.2) is 17.3 Å². The zero-order chi connectivity index (χ0) is 26.6. The Bertz CT molecular complexity index is 1440. The number of halogens is 2. The van der Waals surface area contributed by atoms with Crippen LogP contribution in [-0.2, 0) is 22.1 Å². The van der Waals surface area contributed by atoms with E-state index in [4.69, 9.17) is 15.0 Å². The lowest BCUT2D eigenvalue weighted by Gasteiger charge is -2.10. The first kappa shape index (κ1) is 26.1. The number of hydrogen-bond donors (Lipinski definition) is 2. The van der Waals surface area contributed by atoms with Gasteiger partial charge in [-0.05, 0) is 43.2 Å². The summed E-state index contributed by atoms with van der Waals surface area (Å²) in [6.07, 6.45) is 2.33. The van der Waals surface area contributed by atoms with Gasteiger partial charge in [-0.2, -0.15) is 0 Å². The number of rotatable bonds is 9. The minimum atomic E-state index is -1.14. The minimum Gasteiger partial charge on any atom is -0.382 e. The first-order chi connectivity index (χ1) is 18.4. The van der Waals surface area contributed by atoms with E-state index in [0.717, 1.165) is 16.9 Å². The molecule has 0 spiro atoms. The second-order valence-electron chi connectivity index (χ2n) is 9.12. The average Bonchev–Trinajstić information content (AvgIpc) is 3.65. The number of nitrogens with two attached hydrogens (primary N) is 1. The van der Waals surface area contributed by atoms with E-state index in [0.29, 0.717) is 31.0 Å². The maximum atomic E-state index is 14.8. The smallest absolute Gasteiger partial charge is 0.189 e. The molecule has 4 aromatic rings. The molecule has 0 aliphatic carbocycles. The predicted molar refractivity (Wildman–Crippen MR) is 141 cm³/mol. The largest absolute Gasteiger partial charge is 0.382 e. The van der Waals surface area contributed by atoms with Crippen molar-refractivity contribution in [2.45, 2.75) is 36.1 Å². The molecule has 1 aliphatic rings. The Morgan fingerprint density at radius 2 is 2.00 bits per heavy atom. The van der Waals surface area contributed by atoms with E-state index in [1.165, 1.54) is 6.07 Å². The van der Waals surface area contributed by atoms with E-state index >= 15 is 0 Å². The van der Waals surface area contributed by atoms with Crippen LogP contribution in [0.4, 0.5) is 14.6 Å². The molecule has 1 fully saturated rings. The number of anilines is 1. The molecule has 0 saturated carbocycles. The maximum absolute atomic E-state index is 14.8. The third kappa shape index (κ3) is 5.64. The van der Waals surface area contributed by atoms with Crippen molar-refractivity contribution in [1.82, 2.24) is 20.4 Å². The monoisotopic (exact) mass is 539 g/mol. The molecular weight excluding hydrogens is 512 g/mol. The van der Waals surface area contributed by atoms with Gasteiger partial charge in [-0.15, -0.1) is 0 Å². The highest BCUT2D eigenvalue weighted by Gasteiger charge is 2.23. The van der Waals surface area contributed by atoms with Crippen LogP contribution in [0.2, 0.25) is 0 Å². The van der Waals surface area contributed by atoms with E-state index in [9.17, 15) is 13.0 Å². The van der Waals surface area contributed by atoms with Gasteiger partial charge in [0.05, 0.1) is 34.5 Å². The first-order valence-corrected chi connectivity index (χ1v) is 13.4. The second kappa shape index (κ2) is 11.5. The highest BCUT2D eigenvalue weighted by Crippen LogP contribution is 2.31. The summed E-state index contributed by atoms with van der Waals surface area (Å²) in [7, 11) is -1.14. The molecule has 11 heteroatoms. The Kier molecular flexibility index (Phi) is 7.87.